The third-order valence-electron chi connectivity index (χ3n) is 12.5. The van der Waals surface area contributed by atoms with Crippen LogP contribution in [0.4, 0.5) is 5.82 Å². The fourth-order valence-corrected chi connectivity index (χ4v) is 7.99. The summed E-state index contributed by atoms with van der Waals surface area (Å²) >= 11 is 0. The summed E-state index contributed by atoms with van der Waals surface area (Å²) in [6.45, 7) is 18.2. The third kappa shape index (κ3) is 15.8. The summed E-state index contributed by atoms with van der Waals surface area (Å²) in [5.74, 6) is 4.17. The Labute approximate surface area is 385 Å². The number of phenols is 1. The van der Waals surface area contributed by atoms with Gasteiger partial charge in [-0.1, -0.05) is 50.2 Å². The van der Waals surface area contributed by atoms with Crippen molar-refractivity contribution in [1.29, 1.82) is 5.41 Å². The summed E-state index contributed by atoms with van der Waals surface area (Å²) in [5.41, 5.74) is 13.5. The molecule has 0 bridgehead atoms. The van der Waals surface area contributed by atoms with E-state index >= 15 is 0 Å². The van der Waals surface area contributed by atoms with Crippen LogP contribution >= 0.6 is 0 Å². The summed E-state index contributed by atoms with van der Waals surface area (Å²) in [7, 11) is 0. The maximum atomic E-state index is 11.6. The van der Waals surface area contributed by atoms with Gasteiger partial charge in [0.05, 0.1) is 6.10 Å². The molecular weight excluding hydrogens is 825 g/mol. The topological polar surface area (TPSA) is 217 Å². The molecule has 15 nitrogen and oxygen atoms in total. The van der Waals surface area contributed by atoms with Gasteiger partial charge in [-0.2, -0.15) is 0 Å². The minimum absolute atomic E-state index is 0.0716. The largest absolute Gasteiger partial charge is 0.507 e. The van der Waals surface area contributed by atoms with Crippen molar-refractivity contribution in [2.24, 2.45) is 23.3 Å². The van der Waals surface area contributed by atoms with Crippen LogP contribution in [0, 0.1) is 17.2 Å². The zero-order valence-electron chi connectivity index (χ0n) is 39.4. The number of dihydropyridines is 1. The molecule has 5 heterocycles. The molecule has 65 heavy (non-hydrogen) atoms. The molecule has 1 saturated carbocycles. The number of aliphatic hydroxyl groups is 1. The number of benzene rings is 1. The highest BCUT2D eigenvalue weighted by Crippen LogP contribution is 2.30. The number of aromatic hydroxyl groups is 1. The second-order valence-electron chi connectivity index (χ2n) is 19.1. The van der Waals surface area contributed by atoms with Crippen molar-refractivity contribution < 1.29 is 33.8 Å². The van der Waals surface area contributed by atoms with Gasteiger partial charge in [0.1, 0.15) is 35.1 Å². The maximum absolute atomic E-state index is 11.6. The summed E-state index contributed by atoms with van der Waals surface area (Å²) < 4.78 is 16.6. The lowest BCUT2D eigenvalue weighted by Crippen LogP contribution is -2.42. The number of rotatable bonds is 13. The number of aromatic nitrogens is 1. The number of hydrogen-bond donors (Lipinski definition) is 6. The minimum Gasteiger partial charge on any atom is -0.507 e. The Balaban J connectivity index is 0.000000192. The first kappa shape index (κ1) is 50.5. The molecule has 0 radical (unpaired) electrons. The highest BCUT2D eigenvalue weighted by atomic mass is 16.6. The van der Waals surface area contributed by atoms with Gasteiger partial charge in [-0.3, -0.25) is 10.2 Å². The number of hydrogen-bond acceptors (Lipinski definition) is 13. The number of nitrogens with zero attached hydrogens (tertiary/aromatic N) is 4. The van der Waals surface area contributed by atoms with Crippen LogP contribution in [0.5, 0.6) is 5.75 Å². The Bertz CT molecular complexity index is 2030. The number of amidine groups is 1. The number of esters is 1. The standard InChI is InChI=1S/C21H24N4O2.C19H33N3O2.C10H17NO3/c22-18(17-6-1-2-7-19(17)26)13-15(21(23)24)9-8-14-10-11-25-20(12-14)27-16-4-3-5-16;1-14(2)15(3)18-12-19(20-24-18)22-10-4-16(5-11-22)13-21-8-6-17(23)7-9-21;1-10(2,3)14-9(13)8-5-4-6-11(8)7-12/h1-2,6-13,16,25-26H,3-5,22H2,(H3,23,24);12,14-17,23H,4-11,13H2,1-3H3;7-8H,4-6H2,1-3H3/b14-8+,15-9-,18-13-;;. The van der Waals surface area contributed by atoms with E-state index in [-0.39, 0.29) is 29.7 Å². The van der Waals surface area contributed by atoms with E-state index in [2.05, 4.69) is 47.1 Å². The molecule has 1 aromatic heterocycles. The van der Waals surface area contributed by atoms with Crippen molar-refractivity contribution in [3.05, 3.63) is 95.3 Å². The molecule has 356 valence electrons. The second-order valence-corrected chi connectivity index (χ2v) is 19.1. The SMILES string of the molecule is CC(C)(C)OC(=O)C1CCCN1C=O.CC(C)C(C)c1cc(N2CCC(CN3CCC(O)CC3)CC2)no1.N=C(N)C(=C\C=C1/C=CNC(OC2CCC2)=C1)/C=C(\N)c1ccccc1O. The molecular formula is C50H74N8O7. The van der Waals surface area contributed by atoms with Crippen LogP contribution < -0.4 is 21.7 Å². The van der Waals surface area contributed by atoms with Crippen LogP contribution in [0.2, 0.25) is 0 Å². The fourth-order valence-electron chi connectivity index (χ4n) is 7.99. The van der Waals surface area contributed by atoms with E-state index < -0.39 is 5.60 Å². The van der Waals surface area contributed by atoms with Gasteiger partial charge in [0.2, 0.25) is 6.41 Å². The summed E-state index contributed by atoms with van der Waals surface area (Å²) in [4.78, 5) is 28.6. The first-order valence-corrected chi connectivity index (χ1v) is 23.4. The maximum Gasteiger partial charge on any atom is 0.329 e. The number of likely N-dealkylation sites (tertiary alicyclic amines) is 2. The number of carbonyl (C=O) groups excluding carboxylic acids is 2. The molecule has 2 aromatic rings. The van der Waals surface area contributed by atoms with Gasteiger partial charge in [-0.15, -0.1) is 0 Å². The predicted octanol–water partition coefficient (Wildman–Crippen LogP) is 7.06. The third-order valence-corrected chi connectivity index (χ3v) is 12.5. The van der Waals surface area contributed by atoms with E-state index in [0.29, 0.717) is 47.7 Å². The Morgan fingerprint density at radius 2 is 1.72 bits per heavy atom. The van der Waals surface area contributed by atoms with Crippen LogP contribution in [-0.2, 0) is 19.1 Å². The number of phenolic OH excluding ortho intramolecular Hbond substituents is 1. The number of nitrogens with one attached hydrogen (secondary N) is 2. The lowest BCUT2D eigenvalue weighted by molar-refractivity contribution is -0.161. The highest BCUT2D eigenvalue weighted by molar-refractivity contribution is 5.99. The lowest BCUT2D eigenvalue weighted by atomic mass is 9.94. The molecule has 1 amide bonds. The molecule has 0 spiro atoms. The van der Waals surface area contributed by atoms with Gasteiger partial charge in [0.15, 0.2) is 11.7 Å². The average Bonchev–Trinajstić information content (AvgIpc) is 3.96. The van der Waals surface area contributed by atoms with Gasteiger partial charge in [0.25, 0.3) is 0 Å². The smallest absolute Gasteiger partial charge is 0.329 e. The Kier molecular flexibility index (Phi) is 18.7. The van der Waals surface area contributed by atoms with E-state index in [1.165, 1.54) is 30.7 Å². The Morgan fingerprint density at radius 3 is 2.34 bits per heavy atom. The number of piperidine rings is 2. The number of para-hydroxylation sites is 1. The number of aliphatic hydroxyl groups excluding tert-OH is 1. The van der Waals surface area contributed by atoms with E-state index in [1.807, 2.05) is 45.2 Å². The molecule has 2 atom stereocenters. The zero-order valence-corrected chi connectivity index (χ0v) is 39.4. The van der Waals surface area contributed by atoms with Crippen molar-refractivity contribution in [3.8, 4) is 5.75 Å². The van der Waals surface area contributed by atoms with Crippen molar-refractivity contribution in [3.63, 3.8) is 0 Å². The summed E-state index contributed by atoms with van der Waals surface area (Å²) in [6, 6.07) is 8.53. The molecule has 15 heteroatoms. The van der Waals surface area contributed by atoms with Gasteiger partial charge in [-0.25, -0.2) is 4.79 Å². The van der Waals surface area contributed by atoms with Gasteiger partial charge >= 0.3 is 5.97 Å². The van der Waals surface area contributed by atoms with Gasteiger partial charge < -0.3 is 55.7 Å². The zero-order chi connectivity index (χ0) is 47.1. The molecule has 5 aliphatic rings. The number of ether oxygens (including phenoxy) is 2. The summed E-state index contributed by atoms with van der Waals surface area (Å²) in [6.07, 6.45) is 21.0. The summed E-state index contributed by atoms with van der Waals surface area (Å²) in [5, 5.41) is 34.7. The van der Waals surface area contributed by atoms with E-state index in [0.717, 1.165) is 93.6 Å². The quantitative estimate of drug-likeness (QED) is 0.0391. The average molecular weight is 899 g/mol. The van der Waals surface area contributed by atoms with Crippen molar-refractivity contribution >= 4 is 29.7 Å². The van der Waals surface area contributed by atoms with Crippen molar-refractivity contribution in [2.75, 3.05) is 44.2 Å². The van der Waals surface area contributed by atoms with Crippen LogP contribution in [0.25, 0.3) is 5.70 Å². The number of amides is 1. The number of carbonyl (C=O) groups is 2. The fraction of sp³-hybridized carbons (Fsp3) is 0.560. The Hall–Kier alpha value is -5.54. The molecule has 2 unspecified atom stereocenters. The molecule has 4 fully saturated rings. The van der Waals surface area contributed by atoms with E-state index in [9.17, 15) is 19.8 Å². The highest BCUT2D eigenvalue weighted by Gasteiger charge is 2.33. The van der Waals surface area contributed by atoms with E-state index in [1.54, 1.807) is 36.4 Å². The number of allylic oxidation sites excluding steroid dienone is 5. The monoisotopic (exact) mass is 899 g/mol. The predicted molar refractivity (Wildman–Crippen MR) is 255 cm³/mol. The van der Waals surface area contributed by atoms with Crippen LogP contribution in [0.15, 0.2) is 88.5 Å². The number of nitrogens with two attached hydrogens (primary N) is 2. The van der Waals surface area contributed by atoms with Crippen LogP contribution in [0.3, 0.4) is 0 Å². The normalized spacial score (nSPS) is 21.3. The van der Waals surface area contributed by atoms with Gasteiger partial charge in [0, 0.05) is 80.4 Å². The molecule has 8 N–H and O–H groups in total. The lowest BCUT2D eigenvalue weighted by Gasteiger charge is -2.36. The molecule has 4 aliphatic heterocycles. The van der Waals surface area contributed by atoms with Crippen molar-refractivity contribution in [2.45, 2.75) is 129 Å². The second kappa shape index (κ2) is 24.1. The van der Waals surface area contributed by atoms with Crippen molar-refractivity contribution in [1.82, 2.24) is 20.3 Å². The molecule has 7 rings (SSSR count). The van der Waals surface area contributed by atoms with Crippen LogP contribution in [0.1, 0.15) is 117 Å². The Morgan fingerprint density at radius 1 is 1.02 bits per heavy atom. The minimum atomic E-state index is -0.478. The van der Waals surface area contributed by atoms with E-state index in [4.69, 9.17) is 30.9 Å². The van der Waals surface area contributed by atoms with Gasteiger partial charge in [-0.05, 0) is 120 Å². The molecule has 1 aliphatic carbocycles. The molecule has 3 saturated heterocycles. The number of anilines is 1. The molecule has 1 aromatic carbocycles. The first-order chi connectivity index (χ1) is 31.0. The van der Waals surface area contributed by atoms with Crippen LogP contribution in [-0.4, -0.2) is 107 Å². The first-order valence-electron chi connectivity index (χ1n) is 23.4.